The first kappa shape index (κ1) is 22.5. The minimum absolute atomic E-state index is 0. The zero-order valence-electron chi connectivity index (χ0n) is 15.2. The number of guanidine groups is 1. The van der Waals surface area contributed by atoms with Crippen LogP contribution in [-0.4, -0.2) is 31.6 Å². The Morgan fingerprint density at radius 2 is 1.74 bits per heavy atom. The first-order valence-electron chi connectivity index (χ1n) is 8.01. The van der Waals surface area contributed by atoms with E-state index in [1.165, 1.54) is 12.1 Å². The molecule has 2 aromatic carbocycles. The zero-order chi connectivity index (χ0) is 18.9. The molecule has 27 heavy (non-hydrogen) atoms. The van der Waals surface area contributed by atoms with Crippen LogP contribution in [0, 0.1) is 10.1 Å². The molecule has 146 valence electrons. The maximum absolute atomic E-state index is 10.6. The maximum atomic E-state index is 10.6. The van der Waals surface area contributed by atoms with Gasteiger partial charge in [0.05, 0.1) is 25.7 Å². The first-order chi connectivity index (χ1) is 12.5. The molecule has 0 heterocycles. The van der Waals surface area contributed by atoms with Crippen molar-refractivity contribution in [2.24, 2.45) is 10.7 Å². The van der Waals surface area contributed by atoms with Crippen molar-refractivity contribution in [3.05, 3.63) is 63.7 Å². The zero-order valence-corrected chi connectivity index (χ0v) is 17.5. The number of nitro groups is 1. The summed E-state index contributed by atoms with van der Waals surface area (Å²) in [7, 11) is 3.20. The van der Waals surface area contributed by atoms with E-state index in [-0.39, 0.29) is 29.7 Å². The molecule has 2 rings (SSSR count). The molecule has 0 amide bonds. The third-order valence-corrected chi connectivity index (χ3v) is 3.75. The minimum Gasteiger partial charge on any atom is -0.493 e. The highest BCUT2D eigenvalue weighted by Gasteiger charge is 2.05. The molecule has 0 atom stereocenters. The van der Waals surface area contributed by atoms with Crippen LogP contribution in [0.5, 0.6) is 11.5 Å². The summed E-state index contributed by atoms with van der Waals surface area (Å²) >= 11 is 0. The van der Waals surface area contributed by atoms with Crippen LogP contribution in [0.2, 0.25) is 0 Å². The molecular weight excluding hydrogens is 463 g/mol. The summed E-state index contributed by atoms with van der Waals surface area (Å²) in [6.45, 7) is 0.971. The molecule has 0 bridgehead atoms. The number of non-ortho nitro benzene ring substituents is 1. The average Bonchev–Trinajstić information content (AvgIpc) is 2.66. The molecule has 2 aromatic rings. The highest BCUT2D eigenvalue weighted by atomic mass is 127. The van der Waals surface area contributed by atoms with E-state index in [1.807, 2.05) is 18.2 Å². The summed E-state index contributed by atoms with van der Waals surface area (Å²) in [4.78, 5) is 14.4. The van der Waals surface area contributed by atoms with Crippen molar-refractivity contribution in [2.45, 2.75) is 13.0 Å². The third kappa shape index (κ3) is 6.93. The number of ether oxygens (including phenoxy) is 2. The van der Waals surface area contributed by atoms with Gasteiger partial charge in [-0.15, -0.1) is 24.0 Å². The summed E-state index contributed by atoms with van der Waals surface area (Å²) in [6.07, 6.45) is 0.744. The van der Waals surface area contributed by atoms with Crippen molar-refractivity contribution in [3.8, 4) is 11.5 Å². The van der Waals surface area contributed by atoms with Crippen molar-refractivity contribution in [1.82, 2.24) is 5.32 Å². The van der Waals surface area contributed by atoms with Crippen molar-refractivity contribution in [1.29, 1.82) is 0 Å². The summed E-state index contributed by atoms with van der Waals surface area (Å²) in [5.41, 5.74) is 7.84. The Bertz CT molecular complexity index is 781. The second-order valence-electron chi connectivity index (χ2n) is 5.49. The fourth-order valence-electron chi connectivity index (χ4n) is 2.33. The van der Waals surface area contributed by atoms with Gasteiger partial charge in [-0.2, -0.15) is 0 Å². The lowest BCUT2D eigenvalue weighted by molar-refractivity contribution is -0.384. The maximum Gasteiger partial charge on any atom is 0.269 e. The van der Waals surface area contributed by atoms with Gasteiger partial charge in [0, 0.05) is 18.7 Å². The first-order valence-corrected chi connectivity index (χ1v) is 8.01. The van der Waals surface area contributed by atoms with E-state index in [9.17, 15) is 10.1 Å². The number of nitrogens with zero attached hydrogens (tertiary/aromatic N) is 2. The van der Waals surface area contributed by atoms with Crippen LogP contribution >= 0.6 is 24.0 Å². The quantitative estimate of drug-likeness (QED) is 0.195. The van der Waals surface area contributed by atoms with E-state index in [2.05, 4.69) is 10.3 Å². The van der Waals surface area contributed by atoms with E-state index in [0.29, 0.717) is 30.5 Å². The van der Waals surface area contributed by atoms with Crippen LogP contribution in [0.3, 0.4) is 0 Å². The lowest BCUT2D eigenvalue weighted by Gasteiger charge is -2.10. The summed E-state index contributed by atoms with van der Waals surface area (Å²) < 4.78 is 10.5. The fraction of sp³-hybridized carbons (Fsp3) is 0.278. The number of halogens is 1. The SMILES string of the molecule is COc1ccc(CCNC(N)=NCc2ccc([N+](=O)[O-])cc2)cc1OC.I. The molecule has 9 heteroatoms. The molecule has 0 radical (unpaired) electrons. The van der Waals surface area contributed by atoms with Crippen LogP contribution in [0.1, 0.15) is 11.1 Å². The smallest absolute Gasteiger partial charge is 0.269 e. The molecular formula is C18H23IN4O4. The second kappa shape index (κ2) is 11.2. The summed E-state index contributed by atoms with van der Waals surface area (Å²) in [6, 6.07) is 12.0. The van der Waals surface area contributed by atoms with Gasteiger partial charge >= 0.3 is 0 Å². The van der Waals surface area contributed by atoms with Gasteiger partial charge in [0.2, 0.25) is 0 Å². The van der Waals surface area contributed by atoms with Crippen molar-refractivity contribution in [2.75, 3.05) is 20.8 Å². The normalized spacial score (nSPS) is 10.7. The van der Waals surface area contributed by atoms with Crippen molar-refractivity contribution >= 4 is 35.6 Å². The van der Waals surface area contributed by atoms with Gasteiger partial charge in [-0.25, -0.2) is 4.99 Å². The van der Waals surface area contributed by atoms with Gasteiger partial charge in [-0.3, -0.25) is 10.1 Å². The monoisotopic (exact) mass is 486 g/mol. The number of nitro benzene ring substituents is 1. The van der Waals surface area contributed by atoms with Crippen molar-refractivity contribution in [3.63, 3.8) is 0 Å². The number of hydrogen-bond donors (Lipinski definition) is 2. The Morgan fingerprint density at radius 3 is 2.33 bits per heavy atom. The Kier molecular flexibility index (Phi) is 9.34. The predicted octanol–water partition coefficient (Wildman–Crippen LogP) is 2.88. The molecule has 0 aliphatic rings. The molecule has 0 saturated carbocycles. The Balaban J connectivity index is 0.00000364. The number of methoxy groups -OCH3 is 2. The number of nitrogens with one attached hydrogen (secondary N) is 1. The molecule has 0 aromatic heterocycles. The van der Waals surface area contributed by atoms with Gasteiger partial charge < -0.3 is 20.5 Å². The number of nitrogens with two attached hydrogens (primary N) is 1. The Morgan fingerprint density at radius 1 is 1.11 bits per heavy atom. The minimum atomic E-state index is -0.433. The van der Waals surface area contributed by atoms with Crippen LogP contribution < -0.4 is 20.5 Å². The standard InChI is InChI=1S/C18H22N4O4.HI/c1-25-16-8-5-13(11-17(16)26-2)9-10-20-18(19)21-12-14-3-6-15(7-4-14)22(23)24;/h3-8,11H,9-10,12H2,1-2H3,(H3,19,20,21);1H. The predicted molar refractivity (Wildman–Crippen MR) is 115 cm³/mol. The second-order valence-corrected chi connectivity index (χ2v) is 5.49. The number of hydrogen-bond acceptors (Lipinski definition) is 5. The largest absolute Gasteiger partial charge is 0.493 e. The Labute approximate surface area is 174 Å². The molecule has 0 fully saturated rings. The molecule has 0 unspecified atom stereocenters. The topological polar surface area (TPSA) is 112 Å². The number of rotatable bonds is 8. The lowest BCUT2D eigenvalue weighted by atomic mass is 10.1. The average molecular weight is 486 g/mol. The fourth-order valence-corrected chi connectivity index (χ4v) is 2.33. The van der Waals surface area contributed by atoms with Crippen molar-refractivity contribution < 1.29 is 14.4 Å². The molecule has 0 aliphatic carbocycles. The van der Waals surface area contributed by atoms with E-state index < -0.39 is 4.92 Å². The number of aliphatic imine (C=N–C) groups is 1. The third-order valence-electron chi connectivity index (χ3n) is 3.75. The number of benzene rings is 2. The molecule has 3 N–H and O–H groups in total. The van der Waals surface area contributed by atoms with Gasteiger partial charge in [-0.1, -0.05) is 18.2 Å². The van der Waals surface area contributed by atoms with E-state index >= 15 is 0 Å². The van der Waals surface area contributed by atoms with Crippen LogP contribution in [-0.2, 0) is 13.0 Å². The molecule has 0 aliphatic heterocycles. The van der Waals surface area contributed by atoms with Gasteiger partial charge in [-0.05, 0) is 29.7 Å². The van der Waals surface area contributed by atoms with Crippen LogP contribution in [0.25, 0.3) is 0 Å². The van der Waals surface area contributed by atoms with Gasteiger partial charge in [0.1, 0.15) is 0 Å². The van der Waals surface area contributed by atoms with Crippen LogP contribution in [0.15, 0.2) is 47.5 Å². The molecule has 8 nitrogen and oxygen atoms in total. The Hall–Kier alpha value is -2.56. The van der Waals surface area contributed by atoms with Crippen LogP contribution in [0.4, 0.5) is 5.69 Å². The molecule has 0 spiro atoms. The highest BCUT2D eigenvalue weighted by molar-refractivity contribution is 14.0. The highest BCUT2D eigenvalue weighted by Crippen LogP contribution is 2.27. The summed E-state index contributed by atoms with van der Waals surface area (Å²) in [5, 5.41) is 13.7. The van der Waals surface area contributed by atoms with E-state index in [0.717, 1.165) is 17.5 Å². The van der Waals surface area contributed by atoms with Gasteiger partial charge in [0.15, 0.2) is 17.5 Å². The lowest BCUT2D eigenvalue weighted by Crippen LogP contribution is -2.33. The summed E-state index contributed by atoms with van der Waals surface area (Å²) in [5.74, 6) is 1.70. The van der Waals surface area contributed by atoms with E-state index in [4.69, 9.17) is 15.2 Å². The van der Waals surface area contributed by atoms with Gasteiger partial charge in [0.25, 0.3) is 5.69 Å². The van der Waals surface area contributed by atoms with E-state index in [1.54, 1.807) is 26.4 Å². The molecule has 0 saturated heterocycles.